The normalized spacial score (nSPS) is 16.9. The summed E-state index contributed by atoms with van der Waals surface area (Å²) >= 11 is 0. The minimum Gasteiger partial charge on any atom is -0.497 e. The fourth-order valence-corrected chi connectivity index (χ4v) is 3.07. The van der Waals surface area contributed by atoms with E-state index in [0.717, 1.165) is 31.9 Å². The van der Waals surface area contributed by atoms with E-state index in [1.54, 1.807) is 25.3 Å². The summed E-state index contributed by atoms with van der Waals surface area (Å²) in [5, 5.41) is 10.3. The average Bonchev–Trinajstić information content (AvgIpc) is 2.63. The first-order valence-electron chi connectivity index (χ1n) is 8.21. The van der Waals surface area contributed by atoms with Crippen molar-refractivity contribution in [1.82, 2.24) is 4.90 Å². The molecule has 24 heavy (non-hydrogen) atoms. The first-order valence-corrected chi connectivity index (χ1v) is 8.21. The molecule has 1 saturated heterocycles. The highest BCUT2D eigenvalue weighted by Crippen LogP contribution is 2.22. The maximum atomic E-state index is 13.7. The number of aliphatic hydroxyl groups excluding tert-OH is 1. The number of halogens is 1. The van der Waals surface area contributed by atoms with Crippen LogP contribution < -0.4 is 9.64 Å². The van der Waals surface area contributed by atoms with Gasteiger partial charge in [-0.05, 0) is 30.3 Å². The molecule has 2 aromatic carbocycles. The molecule has 0 unspecified atom stereocenters. The van der Waals surface area contributed by atoms with Gasteiger partial charge in [0.1, 0.15) is 11.6 Å². The Morgan fingerprint density at radius 2 is 1.71 bits per heavy atom. The van der Waals surface area contributed by atoms with Crippen LogP contribution in [0.1, 0.15) is 11.7 Å². The van der Waals surface area contributed by atoms with Gasteiger partial charge < -0.3 is 14.7 Å². The van der Waals surface area contributed by atoms with Crippen LogP contribution in [0.2, 0.25) is 0 Å². The fraction of sp³-hybridized carbons (Fsp3) is 0.368. The fourth-order valence-electron chi connectivity index (χ4n) is 3.07. The Morgan fingerprint density at radius 3 is 2.33 bits per heavy atom. The van der Waals surface area contributed by atoms with Crippen molar-refractivity contribution in [3.8, 4) is 5.75 Å². The molecule has 3 rings (SSSR count). The zero-order chi connectivity index (χ0) is 16.9. The van der Waals surface area contributed by atoms with E-state index in [-0.39, 0.29) is 5.82 Å². The van der Waals surface area contributed by atoms with Gasteiger partial charge in [-0.3, -0.25) is 4.90 Å². The Balaban J connectivity index is 1.54. The minimum atomic E-state index is -0.793. The van der Waals surface area contributed by atoms with Gasteiger partial charge in [0.05, 0.1) is 13.2 Å². The van der Waals surface area contributed by atoms with E-state index in [9.17, 15) is 9.50 Å². The van der Waals surface area contributed by atoms with Gasteiger partial charge in [-0.1, -0.05) is 18.2 Å². The lowest BCUT2D eigenvalue weighted by atomic mass is 10.1. The zero-order valence-corrected chi connectivity index (χ0v) is 13.9. The molecule has 128 valence electrons. The van der Waals surface area contributed by atoms with Gasteiger partial charge in [0, 0.05) is 44.0 Å². The van der Waals surface area contributed by atoms with Crippen LogP contribution in [0, 0.1) is 5.82 Å². The third-order valence-electron chi connectivity index (χ3n) is 4.51. The first-order chi connectivity index (χ1) is 11.7. The van der Waals surface area contributed by atoms with Crippen molar-refractivity contribution in [2.45, 2.75) is 6.10 Å². The molecule has 1 fully saturated rings. The number of aliphatic hydroxyl groups is 1. The summed E-state index contributed by atoms with van der Waals surface area (Å²) in [7, 11) is 1.66. The molecule has 0 aliphatic carbocycles. The molecule has 0 saturated carbocycles. The summed E-state index contributed by atoms with van der Waals surface area (Å²) in [6.07, 6.45) is -0.793. The second kappa shape index (κ2) is 7.64. The second-order valence-electron chi connectivity index (χ2n) is 6.02. The Hall–Kier alpha value is -2.11. The minimum absolute atomic E-state index is 0.345. The molecule has 1 atom stereocenters. The molecule has 1 aliphatic rings. The van der Waals surface area contributed by atoms with Gasteiger partial charge in [-0.15, -0.1) is 0 Å². The van der Waals surface area contributed by atoms with Crippen molar-refractivity contribution in [3.05, 3.63) is 59.9 Å². The molecule has 0 bridgehead atoms. The zero-order valence-electron chi connectivity index (χ0n) is 13.9. The van der Waals surface area contributed by atoms with Gasteiger partial charge in [0.2, 0.25) is 0 Å². The number of benzene rings is 2. The predicted octanol–water partition coefficient (Wildman–Crippen LogP) is 2.69. The van der Waals surface area contributed by atoms with E-state index in [1.165, 1.54) is 11.8 Å². The maximum absolute atomic E-state index is 13.7. The van der Waals surface area contributed by atoms with Crippen molar-refractivity contribution < 1.29 is 14.2 Å². The highest BCUT2D eigenvalue weighted by Gasteiger charge is 2.21. The number of methoxy groups -OCH3 is 1. The van der Waals surface area contributed by atoms with Crippen molar-refractivity contribution in [3.63, 3.8) is 0 Å². The van der Waals surface area contributed by atoms with E-state index in [0.29, 0.717) is 12.1 Å². The number of hydrogen-bond donors (Lipinski definition) is 1. The highest BCUT2D eigenvalue weighted by atomic mass is 19.1. The van der Waals surface area contributed by atoms with E-state index in [1.807, 2.05) is 12.1 Å². The Bertz CT molecular complexity index is 655. The van der Waals surface area contributed by atoms with Gasteiger partial charge in [-0.25, -0.2) is 4.39 Å². The predicted molar refractivity (Wildman–Crippen MR) is 93.0 cm³/mol. The van der Waals surface area contributed by atoms with Crippen LogP contribution in [-0.4, -0.2) is 49.8 Å². The highest BCUT2D eigenvalue weighted by molar-refractivity contribution is 5.49. The molecule has 5 heteroatoms. The molecule has 1 N–H and O–H groups in total. The lowest BCUT2D eigenvalue weighted by Gasteiger charge is -2.37. The smallest absolute Gasteiger partial charge is 0.129 e. The first kappa shape index (κ1) is 16.7. The summed E-state index contributed by atoms with van der Waals surface area (Å²) in [5.41, 5.74) is 1.54. The molecule has 0 aromatic heterocycles. The average molecular weight is 330 g/mol. The number of anilines is 1. The van der Waals surface area contributed by atoms with Crippen LogP contribution in [0.4, 0.5) is 10.1 Å². The molecule has 4 nitrogen and oxygen atoms in total. The van der Waals surface area contributed by atoms with Crippen LogP contribution in [0.25, 0.3) is 0 Å². The van der Waals surface area contributed by atoms with Gasteiger partial charge >= 0.3 is 0 Å². The molecule has 1 aliphatic heterocycles. The Morgan fingerprint density at radius 1 is 1.04 bits per heavy atom. The lowest BCUT2D eigenvalue weighted by Crippen LogP contribution is -2.47. The van der Waals surface area contributed by atoms with Crippen LogP contribution in [0.3, 0.4) is 0 Å². The Labute approximate surface area is 142 Å². The largest absolute Gasteiger partial charge is 0.497 e. The standard InChI is InChI=1S/C19H23FN2O2/c1-24-16-8-6-15(7-9-16)22-12-10-21(11-13-22)14-19(23)17-4-2-3-5-18(17)20/h2-9,19,23H,10-14H2,1H3/t19-/m0/s1. The van der Waals surface area contributed by atoms with Crippen LogP contribution in [0.15, 0.2) is 48.5 Å². The third kappa shape index (κ3) is 3.86. The quantitative estimate of drug-likeness (QED) is 0.914. The molecular formula is C19H23FN2O2. The molecule has 2 aromatic rings. The monoisotopic (exact) mass is 330 g/mol. The van der Waals surface area contributed by atoms with Crippen LogP contribution in [0.5, 0.6) is 5.75 Å². The number of hydrogen-bond acceptors (Lipinski definition) is 4. The number of rotatable bonds is 5. The molecule has 0 radical (unpaired) electrons. The molecule has 0 spiro atoms. The van der Waals surface area contributed by atoms with Gasteiger partial charge in [-0.2, -0.15) is 0 Å². The number of piperazine rings is 1. The van der Waals surface area contributed by atoms with Crippen molar-refractivity contribution in [1.29, 1.82) is 0 Å². The van der Waals surface area contributed by atoms with Gasteiger partial charge in [0.15, 0.2) is 0 Å². The summed E-state index contributed by atoms with van der Waals surface area (Å²) in [6, 6.07) is 14.5. The summed E-state index contributed by atoms with van der Waals surface area (Å²) in [4.78, 5) is 4.49. The van der Waals surface area contributed by atoms with Crippen molar-refractivity contribution in [2.24, 2.45) is 0 Å². The van der Waals surface area contributed by atoms with E-state index >= 15 is 0 Å². The molecule has 0 amide bonds. The van der Waals surface area contributed by atoms with Crippen molar-refractivity contribution >= 4 is 5.69 Å². The van der Waals surface area contributed by atoms with Crippen LogP contribution in [-0.2, 0) is 0 Å². The topological polar surface area (TPSA) is 35.9 Å². The SMILES string of the molecule is COc1ccc(N2CCN(C[C@H](O)c3ccccc3F)CC2)cc1. The van der Waals surface area contributed by atoms with E-state index < -0.39 is 6.10 Å². The number of nitrogens with zero attached hydrogens (tertiary/aromatic N) is 2. The Kier molecular flexibility index (Phi) is 5.33. The summed E-state index contributed by atoms with van der Waals surface area (Å²) < 4.78 is 18.9. The third-order valence-corrected chi connectivity index (χ3v) is 4.51. The number of ether oxygens (including phenoxy) is 1. The summed E-state index contributed by atoms with van der Waals surface area (Å²) in [5.74, 6) is 0.507. The van der Waals surface area contributed by atoms with Crippen molar-refractivity contribution in [2.75, 3.05) is 44.7 Å². The molecule has 1 heterocycles. The van der Waals surface area contributed by atoms with Crippen LogP contribution >= 0.6 is 0 Å². The maximum Gasteiger partial charge on any atom is 0.129 e. The summed E-state index contributed by atoms with van der Waals surface area (Å²) in [6.45, 7) is 3.92. The van der Waals surface area contributed by atoms with E-state index in [4.69, 9.17) is 4.74 Å². The van der Waals surface area contributed by atoms with Gasteiger partial charge in [0.25, 0.3) is 0 Å². The number of β-amino-alcohol motifs (C(OH)–C–C–N with tert-alkyl or cyclic N) is 1. The molecular weight excluding hydrogens is 307 g/mol. The van der Waals surface area contributed by atoms with E-state index in [2.05, 4.69) is 21.9 Å². The second-order valence-corrected chi connectivity index (χ2v) is 6.02. The lowest BCUT2D eigenvalue weighted by molar-refractivity contribution is 0.106.